The molecule has 0 aliphatic rings. The third-order valence-electron chi connectivity index (χ3n) is 2.92. The van der Waals surface area contributed by atoms with E-state index in [1.807, 2.05) is 30.3 Å². The summed E-state index contributed by atoms with van der Waals surface area (Å²) in [5.41, 5.74) is 6.54. The Morgan fingerprint density at radius 1 is 1.10 bits per heavy atom. The summed E-state index contributed by atoms with van der Waals surface area (Å²) in [7, 11) is 0. The Kier molecular flexibility index (Phi) is 4.42. The number of benzene rings is 2. The lowest BCUT2D eigenvalue weighted by Gasteiger charge is -2.17. The largest absolute Gasteiger partial charge is 0.344 e. The number of rotatable bonds is 4. The zero-order valence-electron chi connectivity index (χ0n) is 10.6. The number of hydrogen-bond donors (Lipinski definition) is 2. The van der Waals surface area contributed by atoms with Crippen molar-refractivity contribution in [3.63, 3.8) is 0 Å². The van der Waals surface area contributed by atoms with Crippen LogP contribution in [0.1, 0.15) is 22.0 Å². The van der Waals surface area contributed by atoms with Gasteiger partial charge in [-0.3, -0.25) is 4.79 Å². The summed E-state index contributed by atoms with van der Waals surface area (Å²) in [6.45, 7) is 0.208. The Balaban J connectivity index is 2.15. The highest BCUT2D eigenvalue weighted by atomic mass is 19.2. The Morgan fingerprint density at radius 2 is 1.80 bits per heavy atom. The van der Waals surface area contributed by atoms with E-state index in [2.05, 4.69) is 5.32 Å². The van der Waals surface area contributed by atoms with Crippen molar-refractivity contribution in [3.8, 4) is 0 Å². The van der Waals surface area contributed by atoms with Crippen LogP contribution in [0.4, 0.5) is 8.78 Å². The van der Waals surface area contributed by atoms with Gasteiger partial charge in [0.1, 0.15) is 0 Å². The van der Waals surface area contributed by atoms with Crippen molar-refractivity contribution < 1.29 is 13.6 Å². The molecule has 0 bridgehead atoms. The van der Waals surface area contributed by atoms with E-state index in [-0.39, 0.29) is 18.2 Å². The SMILES string of the molecule is NCC(NC(=O)c1ccc(F)c(F)c1)c1ccccc1. The van der Waals surface area contributed by atoms with E-state index < -0.39 is 17.5 Å². The molecular formula is C15H14F2N2O. The van der Waals surface area contributed by atoms with Gasteiger partial charge in [0, 0.05) is 12.1 Å². The first-order valence-corrected chi connectivity index (χ1v) is 6.12. The minimum atomic E-state index is -1.05. The molecule has 2 rings (SSSR count). The molecule has 20 heavy (non-hydrogen) atoms. The second kappa shape index (κ2) is 6.25. The molecule has 2 aromatic carbocycles. The van der Waals surface area contributed by atoms with E-state index in [9.17, 15) is 13.6 Å². The zero-order valence-corrected chi connectivity index (χ0v) is 10.6. The van der Waals surface area contributed by atoms with Crippen LogP contribution < -0.4 is 11.1 Å². The summed E-state index contributed by atoms with van der Waals surface area (Å²) in [6.07, 6.45) is 0. The quantitative estimate of drug-likeness (QED) is 0.901. The van der Waals surface area contributed by atoms with Gasteiger partial charge in [0.25, 0.3) is 5.91 Å². The Morgan fingerprint density at radius 3 is 2.40 bits per heavy atom. The van der Waals surface area contributed by atoms with Gasteiger partial charge < -0.3 is 11.1 Å². The number of amides is 1. The molecule has 0 aliphatic heterocycles. The molecule has 3 N–H and O–H groups in total. The molecule has 3 nitrogen and oxygen atoms in total. The first-order chi connectivity index (χ1) is 9.61. The summed E-state index contributed by atoms with van der Waals surface area (Å²) in [6, 6.07) is 11.8. The summed E-state index contributed by atoms with van der Waals surface area (Å²) in [5.74, 6) is -2.54. The fraction of sp³-hybridized carbons (Fsp3) is 0.133. The molecule has 0 saturated heterocycles. The maximum Gasteiger partial charge on any atom is 0.251 e. The Hall–Kier alpha value is -2.27. The number of halogens is 2. The maximum absolute atomic E-state index is 13.1. The lowest BCUT2D eigenvalue weighted by Crippen LogP contribution is -2.33. The van der Waals surface area contributed by atoms with Gasteiger partial charge in [0.15, 0.2) is 11.6 Å². The molecule has 1 unspecified atom stereocenters. The van der Waals surface area contributed by atoms with Crippen molar-refractivity contribution in [2.45, 2.75) is 6.04 Å². The van der Waals surface area contributed by atoms with Gasteiger partial charge in [-0.25, -0.2) is 8.78 Å². The lowest BCUT2D eigenvalue weighted by atomic mass is 10.1. The van der Waals surface area contributed by atoms with E-state index in [0.29, 0.717) is 0 Å². The van der Waals surface area contributed by atoms with Crippen molar-refractivity contribution in [1.82, 2.24) is 5.32 Å². The van der Waals surface area contributed by atoms with Crippen molar-refractivity contribution in [1.29, 1.82) is 0 Å². The third-order valence-corrected chi connectivity index (χ3v) is 2.92. The lowest BCUT2D eigenvalue weighted by molar-refractivity contribution is 0.0937. The van der Waals surface area contributed by atoms with Crippen LogP contribution in [-0.2, 0) is 0 Å². The van der Waals surface area contributed by atoms with Gasteiger partial charge in [-0.1, -0.05) is 30.3 Å². The highest BCUT2D eigenvalue weighted by Gasteiger charge is 2.15. The molecule has 0 aromatic heterocycles. The molecule has 5 heteroatoms. The zero-order chi connectivity index (χ0) is 14.5. The minimum absolute atomic E-state index is 0.0540. The summed E-state index contributed by atoms with van der Waals surface area (Å²) >= 11 is 0. The summed E-state index contributed by atoms with van der Waals surface area (Å²) in [4.78, 5) is 12.0. The predicted octanol–water partition coefficient (Wildman–Crippen LogP) is 2.39. The molecule has 1 amide bonds. The standard InChI is InChI=1S/C15H14F2N2O/c16-12-7-6-11(8-13(12)17)15(20)19-14(9-18)10-4-2-1-3-5-10/h1-8,14H,9,18H2,(H,19,20). The number of hydrogen-bond acceptors (Lipinski definition) is 2. The van der Waals surface area contributed by atoms with Gasteiger partial charge in [0.05, 0.1) is 6.04 Å². The molecule has 0 radical (unpaired) electrons. The molecule has 0 spiro atoms. The topological polar surface area (TPSA) is 55.1 Å². The van der Waals surface area contributed by atoms with E-state index in [1.165, 1.54) is 6.07 Å². The van der Waals surface area contributed by atoms with Crippen LogP contribution in [-0.4, -0.2) is 12.5 Å². The summed E-state index contributed by atoms with van der Waals surface area (Å²) < 4.78 is 25.9. The molecule has 104 valence electrons. The van der Waals surface area contributed by atoms with E-state index in [0.717, 1.165) is 17.7 Å². The fourth-order valence-corrected chi connectivity index (χ4v) is 1.84. The molecule has 0 fully saturated rings. The van der Waals surface area contributed by atoms with Crippen molar-refractivity contribution in [3.05, 3.63) is 71.3 Å². The van der Waals surface area contributed by atoms with E-state index in [1.54, 1.807) is 0 Å². The van der Waals surface area contributed by atoms with Gasteiger partial charge in [-0.2, -0.15) is 0 Å². The second-order valence-corrected chi connectivity index (χ2v) is 4.30. The highest BCUT2D eigenvalue weighted by molar-refractivity contribution is 5.94. The van der Waals surface area contributed by atoms with Gasteiger partial charge in [0.2, 0.25) is 0 Å². The van der Waals surface area contributed by atoms with Crippen LogP contribution in [0.25, 0.3) is 0 Å². The van der Waals surface area contributed by atoms with Crippen LogP contribution in [0.5, 0.6) is 0 Å². The van der Waals surface area contributed by atoms with Crippen LogP contribution in [0.15, 0.2) is 48.5 Å². The minimum Gasteiger partial charge on any atom is -0.344 e. The number of nitrogens with two attached hydrogens (primary N) is 1. The smallest absolute Gasteiger partial charge is 0.251 e. The average Bonchev–Trinajstić information content (AvgIpc) is 2.48. The van der Waals surface area contributed by atoms with Gasteiger partial charge in [-0.05, 0) is 23.8 Å². The molecule has 0 saturated carbocycles. The molecule has 2 aromatic rings. The predicted molar refractivity (Wildman–Crippen MR) is 72.1 cm³/mol. The first-order valence-electron chi connectivity index (χ1n) is 6.12. The van der Waals surface area contributed by atoms with E-state index >= 15 is 0 Å². The normalized spacial score (nSPS) is 11.9. The highest BCUT2D eigenvalue weighted by Crippen LogP contribution is 2.13. The molecule has 0 heterocycles. The molecular weight excluding hydrogens is 262 g/mol. The average molecular weight is 276 g/mol. The van der Waals surface area contributed by atoms with Crippen LogP contribution in [0, 0.1) is 11.6 Å². The Labute approximate surface area is 115 Å². The fourth-order valence-electron chi connectivity index (χ4n) is 1.84. The Bertz CT molecular complexity index is 602. The van der Waals surface area contributed by atoms with Gasteiger partial charge >= 0.3 is 0 Å². The van der Waals surface area contributed by atoms with Crippen molar-refractivity contribution >= 4 is 5.91 Å². The van der Waals surface area contributed by atoms with Gasteiger partial charge in [-0.15, -0.1) is 0 Å². The molecule has 1 atom stereocenters. The second-order valence-electron chi connectivity index (χ2n) is 4.30. The first kappa shape index (κ1) is 14.1. The number of nitrogens with one attached hydrogen (secondary N) is 1. The number of carbonyl (C=O) groups is 1. The van der Waals surface area contributed by atoms with Crippen LogP contribution in [0.2, 0.25) is 0 Å². The third kappa shape index (κ3) is 3.19. The van der Waals surface area contributed by atoms with Crippen molar-refractivity contribution in [2.75, 3.05) is 6.54 Å². The van der Waals surface area contributed by atoms with Crippen molar-refractivity contribution in [2.24, 2.45) is 5.73 Å². The molecule has 0 aliphatic carbocycles. The maximum atomic E-state index is 13.1. The summed E-state index contributed by atoms with van der Waals surface area (Å²) in [5, 5.41) is 2.69. The van der Waals surface area contributed by atoms with Crippen LogP contribution in [0.3, 0.4) is 0 Å². The van der Waals surface area contributed by atoms with E-state index in [4.69, 9.17) is 5.73 Å². The number of carbonyl (C=O) groups excluding carboxylic acids is 1. The van der Waals surface area contributed by atoms with Crippen LogP contribution >= 0.6 is 0 Å². The monoisotopic (exact) mass is 276 g/mol.